The van der Waals surface area contributed by atoms with Crippen molar-refractivity contribution in [2.75, 3.05) is 0 Å². The number of rotatable bonds is 3. The van der Waals surface area contributed by atoms with Gasteiger partial charge in [0.05, 0.1) is 6.54 Å². The topological polar surface area (TPSA) is 81.7 Å². The molecule has 0 bridgehead atoms. The van der Waals surface area contributed by atoms with Gasteiger partial charge in [0, 0.05) is 18.3 Å². The van der Waals surface area contributed by atoms with Gasteiger partial charge < -0.3 is 5.32 Å². The van der Waals surface area contributed by atoms with E-state index in [1.54, 1.807) is 40.8 Å². The first-order chi connectivity index (χ1) is 11.7. The minimum atomic E-state index is -0.567. The number of nitrogens with zero attached hydrogens (tertiary/aromatic N) is 1. The first kappa shape index (κ1) is 15.8. The molecule has 0 radical (unpaired) electrons. The van der Waals surface area contributed by atoms with Gasteiger partial charge in [-0.05, 0) is 34.9 Å². The SMILES string of the molecule is O=C(NO)c1ccc(CNC(=O)N2C=Cc3ccccc3C2)cc1. The van der Waals surface area contributed by atoms with Gasteiger partial charge in [0.15, 0.2) is 0 Å². The van der Waals surface area contributed by atoms with E-state index in [4.69, 9.17) is 5.21 Å². The molecule has 0 aliphatic carbocycles. The molecule has 0 aromatic heterocycles. The monoisotopic (exact) mass is 323 g/mol. The molecule has 0 atom stereocenters. The Kier molecular flexibility index (Phi) is 4.58. The number of benzene rings is 2. The molecule has 1 aliphatic heterocycles. The Morgan fingerprint density at radius 1 is 1.08 bits per heavy atom. The van der Waals surface area contributed by atoms with Crippen LogP contribution in [0.5, 0.6) is 0 Å². The van der Waals surface area contributed by atoms with Crippen molar-refractivity contribution < 1.29 is 14.8 Å². The number of carbonyl (C=O) groups is 2. The predicted octanol–water partition coefficient (Wildman–Crippen LogP) is 2.50. The molecule has 2 aromatic carbocycles. The largest absolute Gasteiger partial charge is 0.334 e. The molecular formula is C18H17N3O3. The summed E-state index contributed by atoms with van der Waals surface area (Å²) in [7, 11) is 0. The van der Waals surface area contributed by atoms with Gasteiger partial charge in [-0.3, -0.25) is 14.9 Å². The molecule has 6 heteroatoms. The number of amides is 3. The van der Waals surface area contributed by atoms with Gasteiger partial charge in [-0.15, -0.1) is 0 Å². The molecule has 1 heterocycles. The summed E-state index contributed by atoms with van der Waals surface area (Å²) < 4.78 is 0. The number of nitrogens with one attached hydrogen (secondary N) is 2. The van der Waals surface area contributed by atoms with Gasteiger partial charge in [-0.25, -0.2) is 10.3 Å². The fourth-order valence-electron chi connectivity index (χ4n) is 2.50. The maximum atomic E-state index is 12.3. The van der Waals surface area contributed by atoms with Crippen LogP contribution in [-0.4, -0.2) is 22.0 Å². The maximum absolute atomic E-state index is 12.3. The molecule has 122 valence electrons. The van der Waals surface area contributed by atoms with E-state index in [1.165, 1.54) is 0 Å². The molecule has 0 saturated carbocycles. The lowest BCUT2D eigenvalue weighted by molar-refractivity contribution is 0.0706. The van der Waals surface area contributed by atoms with Crippen LogP contribution in [0.2, 0.25) is 0 Å². The fraction of sp³-hybridized carbons (Fsp3) is 0.111. The molecular weight excluding hydrogens is 306 g/mol. The lowest BCUT2D eigenvalue weighted by atomic mass is 10.0. The molecule has 3 N–H and O–H groups in total. The van der Waals surface area contributed by atoms with Crippen LogP contribution in [0.1, 0.15) is 27.0 Å². The van der Waals surface area contributed by atoms with Gasteiger partial charge in [-0.2, -0.15) is 0 Å². The van der Waals surface area contributed by atoms with Crippen LogP contribution in [-0.2, 0) is 13.1 Å². The summed E-state index contributed by atoms with van der Waals surface area (Å²) in [5, 5.41) is 11.4. The van der Waals surface area contributed by atoms with Crippen LogP contribution in [0.15, 0.2) is 54.7 Å². The lowest BCUT2D eigenvalue weighted by Gasteiger charge is -2.23. The fourth-order valence-corrected chi connectivity index (χ4v) is 2.50. The summed E-state index contributed by atoms with van der Waals surface area (Å²) in [6.45, 7) is 0.889. The molecule has 2 aromatic rings. The molecule has 6 nitrogen and oxygen atoms in total. The van der Waals surface area contributed by atoms with Crippen molar-refractivity contribution in [3.63, 3.8) is 0 Å². The summed E-state index contributed by atoms with van der Waals surface area (Å²) in [6, 6.07) is 14.4. The van der Waals surface area contributed by atoms with Gasteiger partial charge in [0.1, 0.15) is 0 Å². The van der Waals surface area contributed by atoms with Crippen LogP contribution < -0.4 is 10.8 Å². The highest BCUT2D eigenvalue weighted by Gasteiger charge is 2.16. The molecule has 3 amide bonds. The van der Waals surface area contributed by atoms with Gasteiger partial charge in [0.2, 0.25) is 0 Å². The van der Waals surface area contributed by atoms with Crippen molar-refractivity contribution in [1.82, 2.24) is 15.7 Å². The van der Waals surface area contributed by atoms with Crippen molar-refractivity contribution in [3.05, 3.63) is 77.0 Å². The zero-order valence-electron chi connectivity index (χ0n) is 12.9. The predicted molar refractivity (Wildman–Crippen MR) is 88.9 cm³/mol. The number of urea groups is 1. The Hall–Kier alpha value is -3.12. The van der Waals surface area contributed by atoms with Gasteiger partial charge in [0.25, 0.3) is 5.91 Å². The van der Waals surface area contributed by atoms with Crippen molar-refractivity contribution in [2.45, 2.75) is 13.1 Å². The zero-order chi connectivity index (χ0) is 16.9. The van der Waals surface area contributed by atoms with E-state index in [0.717, 1.165) is 16.7 Å². The standard InChI is InChI=1S/C18H17N3O3/c22-17(20-24)15-7-5-13(6-8-15)11-19-18(23)21-10-9-14-3-1-2-4-16(14)12-21/h1-10,24H,11-12H2,(H,19,23)(H,20,22). The first-order valence-corrected chi connectivity index (χ1v) is 7.51. The Morgan fingerprint density at radius 2 is 1.83 bits per heavy atom. The Morgan fingerprint density at radius 3 is 2.58 bits per heavy atom. The minimum Gasteiger partial charge on any atom is -0.334 e. The van der Waals surface area contributed by atoms with Crippen LogP contribution >= 0.6 is 0 Å². The number of carbonyl (C=O) groups excluding carboxylic acids is 2. The highest BCUT2D eigenvalue weighted by molar-refractivity contribution is 5.93. The molecule has 0 spiro atoms. The van der Waals surface area contributed by atoms with Crippen LogP contribution in [0, 0.1) is 0 Å². The van der Waals surface area contributed by atoms with E-state index < -0.39 is 5.91 Å². The summed E-state index contributed by atoms with van der Waals surface area (Å²) in [5.41, 5.74) is 5.02. The average Bonchev–Trinajstić information content (AvgIpc) is 2.65. The van der Waals surface area contributed by atoms with Crippen LogP contribution in [0.4, 0.5) is 4.79 Å². The van der Waals surface area contributed by atoms with E-state index in [0.29, 0.717) is 18.7 Å². The molecule has 0 unspecified atom stereocenters. The molecule has 3 rings (SSSR count). The second-order valence-corrected chi connectivity index (χ2v) is 5.44. The van der Waals surface area contributed by atoms with Crippen LogP contribution in [0.3, 0.4) is 0 Å². The third-order valence-corrected chi connectivity index (χ3v) is 3.85. The number of hydrogen-bond acceptors (Lipinski definition) is 3. The maximum Gasteiger partial charge on any atom is 0.321 e. The van der Waals surface area contributed by atoms with Crippen LogP contribution in [0.25, 0.3) is 6.08 Å². The van der Waals surface area contributed by atoms with Crippen molar-refractivity contribution in [1.29, 1.82) is 0 Å². The molecule has 0 saturated heterocycles. The van der Waals surface area contributed by atoms with Crippen molar-refractivity contribution >= 4 is 18.0 Å². The summed E-state index contributed by atoms with van der Waals surface area (Å²) in [6.07, 6.45) is 3.69. The summed E-state index contributed by atoms with van der Waals surface area (Å²) >= 11 is 0. The smallest absolute Gasteiger partial charge is 0.321 e. The van der Waals surface area contributed by atoms with E-state index in [1.807, 2.05) is 30.3 Å². The summed E-state index contributed by atoms with van der Waals surface area (Å²) in [5.74, 6) is -0.567. The van der Waals surface area contributed by atoms with Crippen molar-refractivity contribution in [2.24, 2.45) is 0 Å². The zero-order valence-corrected chi connectivity index (χ0v) is 12.9. The van der Waals surface area contributed by atoms with Gasteiger partial charge >= 0.3 is 6.03 Å². The minimum absolute atomic E-state index is 0.182. The third kappa shape index (κ3) is 3.44. The quantitative estimate of drug-likeness (QED) is 0.599. The second-order valence-electron chi connectivity index (χ2n) is 5.44. The first-order valence-electron chi connectivity index (χ1n) is 7.51. The Bertz CT molecular complexity index is 784. The number of hydrogen-bond donors (Lipinski definition) is 3. The molecule has 0 fully saturated rings. The third-order valence-electron chi connectivity index (χ3n) is 3.85. The van der Waals surface area contributed by atoms with E-state index in [9.17, 15) is 9.59 Å². The van der Waals surface area contributed by atoms with E-state index in [-0.39, 0.29) is 6.03 Å². The lowest BCUT2D eigenvalue weighted by Crippen LogP contribution is -2.36. The summed E-state index contributed by atoms with van der Waals surface area (Å²) in [4.78, 5) is 25.1. The Labute approximate surface area is 139 Å². The van der Waals surface area contributed by atoms with Crippen molar-refractivity contribution in [3.8, 4) is 0 Å². The molecule has 1 aliphatic rings. The number of fused-ring (bicyclic) bond motifs is 1. The average molecular weight is 323 g/mol. The Balaban J connectivity index is 1.57. The number of hydroxylamine groups is 1. The highest BCUT2D eigenvalue weighted by Crippen LogP contribution is 2.19. The van der Waals surface area contributed by atoms with E-state index in [2.05, 4.69) is 5.32 Å². The van der Waals surface area contributed by atoms with E-state index >= 15 is 0 Å². The van der Waals surface area contributed by atoms with Gasteiger partial charge in [-0.1, -0.05) is 36.4 Å². The molecule has 24 heavy (non-hydrogen) atoms. The highest BCUT2D eigenvalue weighted by atomic mass is 16.5. The normalized spacial score (nSPS) is 12.5. The second kappa shape index (κ2) is 6.97.